The van der Waals surface area contributed by atoms with E-state index >= 15 is 0 Å². The molecule has 5 nitrogen and oxygen atoms in total. The zero-order valence-corrected chi connectivity index (χ0v) is 14.8. The third kappa shape index (κ3) is 5.17. The maximum Gasteiger partial charge on any atom is 0.251 e. The van der Waals surface area contributed by atoms with Crippen molar-refractivity contribution >= 4 is 11.8 Å². The molecule has 0 spiro atoms. The Labute approximate surface area is 154 Å². The minimum Gasteiger partial charge on any atom is -0.354 e. The highest BCUT2D eigenvalue weighted by molar-refractivity contribution is 5.94. The average Bonchev–Trinajstić information content (AvgIpc) is 3.21. The first-order valence-corrected chi connectivity index (χ1v) is 9.13. The van der Waals surface area contributed by atoms with Crippen LogP contribution in [0.3, 0.4) is 0 Å². The van der Waals surface area contributed by atoms with Crippen LogP contribution in [-0.4, -0.2) is 30.9 Å². The average molecular weight is 351 g/mol. The summed E-state index contributed by atoms with van der Waals surface area (Å²) in [6.45, 7) is 1.65. The molecule has 1 aliphatic heterocycles. The van der Waals surface area contributed by atoms with E-state index < -0.39 is 0 Å². The van der Waals surface area contributed by atoms with E-state index in [-0.39, 0.29) is 24.3 Å². The lowest BCUT2D eigenvalue weighted by molar-refractivity contribution is -0.121. The van der Waals surface area contributed by atoms with E-state index in [9.17, 15) is 9.59 Å². The fourth-order valence-corrected chi connectivity index (χ4v) is 3.19. The molecular formula is C21H25N3O2. The molecule has 136 valence electrons. The molecule has 0 aliphatic carbocycles. The minimum absolute atomic E-state index is 0.0547. The summed E-state index contributed by atoms with van der Waals surface area (Å²) in [7, 11) is 0. The van der Waals surface area contributed by atoms with E-state index in [1.165, 1.54) is 0 Å². The van der Waals surface area contributed by atoms with Crippen LogP contribution in [0.15, 0.2) is 60.7 Å². The van der Waals surface area contributed by atoms with Crippen LogP contribution in [0.4, 0.5) is 0 Å². The van der Waals surface area contributed by atoms with E-state index in [0.29, 0.717) is 18.2 Å². The third-order valence-electron chi connectivity index (χ3n) is 4.64. The molecule has 0 saturated carbocycles. The maximum absolute atomic E-state index is 12.5. The van der Waals surface area contributed by atoms with Gasteiger partial charge in [-0.05, 0) is 37.1 Å². The number of nitrogens with one attached hydrogen (secondary N) is 3. The molecule has 1 aliphatic rings. The molecule has 1 heterocycles. The summed E-state index contributed by atoms with van der Waals surface area (Å²) in [5, 5.41) is 9.34. The Morgan fingerprint density at radius 3 is 2.38 bits per heavy atom. The summed E-state index contributed by atoms with van der Waals surface area (Å²) in [6, 6.07) is 18.7. The monoisotopic (exact) mass is 351 g/mol. The number of hydrogen-bond donors (Lipinski definition) is 3. The van der Waals surface area contributed by atoms with Crippen molar-refractivity contribution in [2.45, 2.75) is 31.3 Å². The molecule has 0 bridgehead atoms. The van der Waals surface area contributed by atoms with Gasteiger partial charge in [-0.3, -0.25) is 9.59 Å². The molecule has 2 unspecified atom stereocenters. The summed E-state index contributed by atoms with van der Waals surface area (Å²) >= 11 is 0. The molecule has 3 N–H and O–H groups in total. The number of hydrogen-bond acceptors (Lipinski definition) is 3. The summed E-state index contributed by atoms with van der Waals surface area (Å²) in [6.07, 6.45) is 2.46. The van der Waals surface area contributed by atoms with Gasteiger partial charge >= 0.3 is 0 Å². The Morgan fingerprint density at radius 2 is 1.73 bits per heavy atom. The molecule has 2 aromatic carbocycles. The number of carbonyl (C=O) groups is 2. The van der Waals surface area contributed by atoms with Gasteiger partial charge in [0.15, 0.2) is 0 Å². The van der Waals surface area contributed by atoms with Crippen LogP contribution >= 0.6 is 0 Å². The predicted octanol–water partition coefficient (Wildman–Crippen LogP) is 2.42. The Bertz CT molecular complexity index is 713. The summed E-state index contributed by atoms with van der Waals surface area (Å²) < 4.78 is 0. The van der Waals surface area contributed by atoms with Crippen molar-refractivity contribution in [1.29, 1.82) is 0 Å². The van der Waals surface area contributed by atoms with Crippen molar-refractivity contribution in [1.82, 2.24) is 16.0 Å². The van der Waals surface area contributed by atoms with Gasteiger partial charge in [0.25, 0.3) is 5.91 Å². The molecule has 0 radical (unpaired) electrons. The normalized spacial score (nSPS) is 17.5. The van der Waals surface area contributed by atoms with Crippen LogP contribution in [0.1, 0.15) is 41.2 Å². The van der Waals surface area contributed by atoms with Gasteiger partial charge in [0.2, 0.25) is 5.91 Å². The standard InChI is InChI=1S/C21H25N3O2/c25-20(23-15-18-12-7-13-22-18)14-19(16-8-3-1-4-9-16)24-21(26)17-10-5-2-6-11-17/h1-6,8-11,18-19,22H,7,12-15H2,(H,23,25)(H,24,26). The van der Waals surface area contributed by atoms with Crippen molar-refractivity contribution in [3.63, 3.8) is 0 Å². The van der Waals surface area contributed by atoms with Crippen LogP contribution in [0.25, 0.3) is 0 Å². The van der Waals surface area contributed by atoms with Crippen LogP contribution in [-0.2, 0) is 4.79 Å². The molecule has 2 amide bonds. The molecular weight excluding hydrogens is 326 g/mol. The van der Waals surface area contributed by atoms with Crippen LogP contribution in [0, 0.1) is 0 Å². The number of carbonyl (C=O) groups excluding carboxylic acids is 2. The summed E-state index contributed by atoms with van der Waals surface area (Å²) in [5.41, 5.74) is 1.51. The van der Waals surface area contributed by atoms with Gasteiger partial charge in [0.1, 0.15) is 0 Å². The fraction of sp³-hybridized carbons (Fsp3) is 0.333. The zero-order chi connectivity index (χ0) is 18.2. The van der Waals surface area contributed by atoms with Gasteiger partial charge in [0.05, 0.1) is 12.5 Å². The van der Waals surface area contributed by atoms with Crippen LogP contribution in [0.2, 0.25) is 0 Å². The largest absolute Gasteiger partial charge is 0.354 e. The van der Waals surface area contributed by atoms with Gasteiger partial charge in [-0.25, -0.2) is 0 Å². The first kappa shape index (κ1) is 18.1. The molecule has 0 aromatic heterocycles. The molecule has 1 fully saturated rings. The maximum atomic E-state index is 12.5. The predicted molar refractivity (Wildman–Crippen MR) is 102 cm³/mol. The first-order valence-electron chi connectivity index (χ1n) is 9.13. The van der Waals surface area contributed by atoms with Gasteiger partial charge in [-0.15, -0.1) is 0 Å². The molecule has 1 saturated heterocycles. The fourth-order valence-electron chi connectivity index (χ4n) is 3.19. The molecule has 26 heavy (non-hydrogen) atoms. The first-order chi connectivity index (χ1) is 12.7. The van der Waals surface area contributed by atoms with Crippen molar-refractivity contribution in [3.8, 4) is 0 Å². The topological polar surface area (TPSA) is 70.2 Å². The number of amides is 2. The van der Waals surface area contributed by atoms with Crippen LogP contribution in [0.5, 0.6) is 0 Å². The van der Waals surface area contributed by atoms with Crippen LogP contribution < -0.4 is 16.0 Å². The zero-order valence-electron chi connectivity index (χ0n) is 14.8. The molecule has 2 atom stereocenters. The Hall–Kier alpha value is -2.66. The third-order valence-corrected chi connectivity index (χ3v) is 4.64. The minimum atomic E-state index is -0.361. The number of benzene rings is 2. The quantitative estimate of drug-likeness (QED) is 0.717. The highest BCUT2D eigenvalue weighted by Crippen LogP contribution is 2.17. The highest BCUT2D eigenvalue weighted by Gasteiger charge is 2.20. The molecule has 3 rings (SSSR count). The second-order valence-corrected chi connectivity index (χ2v) is 6.60. The smallest absolute Gasteiger partial charge is 0.251 e. The lowest BCUT2D eigenvalue weighted by Crippen LogP contribution is -2.39. The summed E-state index contributed by atoms with van der Waals surface area (Å²) in [4.78, 5) is 24.9. The van der Waals surface area contributed by atoms with Crippen molar-refractivity contribution in [3.05, 3.63) is 71.8 Å². The van der Waals surface area contributed by atoms with E-state index in [4.69, 9.17) is 0 Å². The Balaban J connectivity index is 1.63. The van der Waals surface area contributed by atoms with Crippen molar-refractivity contribution in [2.75, 3.05) is 13.1 Å². The second-order valence-electron chi connectivity index (χ2n) is 6.60. The summed E-state index contributed by atoms with van der Waals surface area (Å²) in [5.74, 6) is -0.231. The Morgan fingerprint density at radius 1 is 1.04 bits per heavy atom. The van der Waals surface area contributed by atoms with E-state index in [1.54, 1.807) is 12.1 Å². The number of rotatable bonds is 7. The van der Waals surface area contributed by atoms with E-state index in [2.05, 4.69) is 16.0 Å². The van der Waals surface area contributed by atoms with Crippen molar-refractivity contribution in [2.24, 2.45) is 0 Å². The van der Waals surface area contributed by atoms with Crippen molar-refractivity contribution < 1.29 is 9.59 Å². The van der Waals surface area contributed by atoms with E-state index in [0.717, 1.165) is 24.9 Å². The highest BCUT2D eigenvalue weighted by atomic mass is 16.2. The van der Waals surface area contributed by atoms with E-state index in [1.807, 2.05) is 48.5 Å². The van der Waals surface area contributed by atoms with Gasteiger partial charge < -0.3 is 16.0 Å². The molecule has 5 heteroatoms. The lowest BCUT2D eigenvalue weighted by atomic mass is 10.0. The van der Waals surface area contributed by atoms with Gasteiger partial charge in [-0.2, -0.15) is 0 Å². The Kier molecular flexibility index (Phi) is 6.39. The lowest BCUT2D eigenvalue weighted by Gasteiger charge is -2.20. The molecule has 2 aromatic rings. The SMILES string of the molecule is O=C(CC(NC(=O)c1ccccc1)c1ccccc1)NCC1CCCN1. The second kappa shape index (κ2) is 9.15. The van der Waals surface area contributed by atoms with Gasteiger partial charge in [-0.1, -0.05) is 48.5 Å². The van der Waals surface area contributed by atoms with Gasteiger partial charge in [0, 0.05) is 18.2 Å².